The molecule has 4 saturated heterocycles. The molecule has 8 heterocycles. The molecule has 422 valence electrons. The maximum atomic E-state index is 12.2. The van der Waals surface area contributed by atoms with Gasteiger partial charge in [0.15, 0.2) is 10.3 Å². The third-order valence-electron chi connectivity index (χ3n) is 17.2. The van der Waals surface area contributed by atoms with Crippen LogP contribution in [-0.4, -0.2) is 93.6 Å². The molecule has 1 N–H and O–H groups in total. The third kappa shape index (κ3) is 11.0. The Bertz CT molecular complexity index is 3600. The van der Waals surface area contributed by atoms with E-state index in [0.29, 0.717) is 99.1 Å². The first-order chi connectivity index (χ1) is 39.4. The first-order valence-electron chi connectivity index (χ1n) is 28.4. The van der Waals surface area contributed by atoms with Crippen molar-refractivity contribution in [2.45, 2.75) is 152 Å². The highest BCUT2D eigenvalue weighted by Gasteiger charge is 2.45. The number of hydrogen-bond acceptors (Lipinski definition) is 16. The van der Waals surface area contributed by atoms with E-state index < -0.39 is 0 Å². The van der Waals surface area contributed by atoms with E-state index in [9.17, 15) is 9.59 Å². The van der Waals surface area contributed by atoms with Gasteiger partial charge in [-0.25, -0.2) is 19.6 Å². The van der Waals surface area contributed by atoms with Gasteiger partial charge in [-0.05, 0) is 159 Å². The third-order valence-corrected chi connectivity index (χ3v) is 20.5. The fourth-order valence-electron chi connectivity index (χ4n) is 13.0. The average molecular weight is 1210 g/mol. The lowest BCUT2D eigenvalue weighted by Crippen LogP contribution is -2.49. The van der Waals surface area contributed by atoms with Gasteiger partial charge in [-0.15, -0.1) is 0 Å². The topological polar surface area (TPSA) is 152 Å². The van der Waals surface area contributed by atoms with Crippen molar-refractivity contribution in [1.29, 1.82) is 0 Å². The molecule has 6 aliphatic rings. The monoisotopic (exact) mass is 1210 g/mol. The smallest absolute Gasteiger partial charge is 0.338 e. The van der Waals surface area contributed by atoms with Crippen LogP contribution in [0, 0.1) is 0 Å². The zero-order chi connectivity index (χ0) is 55.6. The molecule has 2 saturated carbocycles. The summed E-state index contributed by atoms with van der Waals surface area (Å²) in [5.41, 5.74) is 8.23. The van der Waals surface area contributed by atoms with Crippen LogP contribution in [0.5, 0.6) is 0 Å². The minimum Gasteiger partial charge on any atom is -0.462 e. The molecule has 0 radical (unpaired) electrons. The second-order valence-electron chi connectivity index (χ2n) is 22.5. The van der Waals surface area contributed by atoms with Crippen LogP contribution in [0.25, 0.3) is 42.9 Å². The van der Waals surface area contributed by atoms with Gasteiger partial charge < -0.3 is 33.6 Å². The number of nitrogens with one attached hydrogen (secondary N) is 1. The van der Waals surface area contributed by atoms with Crippen LogP contribution < -0.4 is 15.1 Å². The number of nitrogens with zero attached hydrogens (tertiary/aromatic N) is 7. The molecule has 6 fully saturated rings. The van der Waals surface area contributed by atoms with Crippen LogP contribution in [0.4, 0.5) is 10.3 Å². The summed E-state index contributed by atoms with van der Waals surface area (Å²) in [7, 11) is 2.22. The molecule has 2 aliphatic carbocycles. The number of aromatic nitrogens is 4. The van der Waals surface area contributed by atoms with Crippen molar-refractivity contribution in [3.63, 3.8) is 0 Å². The molecule has 4 aromatic carbocycles. The minimum absolute atomic E-state index is 0.286. The Kier molecular flexibility index (Phi) is 15.6. The summed E-state index contributed by atoms with van der Waals surface area (Å²) in [6, 6.07) is 25.0. The Balaban J connectivity index is 0.000000153. The predicted octanol–water partition coefficient (Wildman–Crippen LogP) is 15.5. The minimum atomic E-state index is -0.288. The normalized spacial score (nSPS) is 22.2. The Labute approximate surface area is 498 Å². The Hall–Kier alpha value is -5.30. The predicted molar refractivity (Wildman–Crippen MR) is 322 cm³/mol. The summed E-state index contributed by atoms with van der Waals surface area (Å²) < 4.78 is 24.2. The van der Waals surface area contributed by atoms with Crippen molar-refractivity contribution in [2.24, 2.45) is 0 Å². The molecular formula is C61H62Cl4N8O6S2. The summed E-state index contributed by atoms with van der Waals surface area (Å²) in [5, 5.41) is 17.2. The first kappa shape index (κ1) is 54.9. The van der Waals surface area contributed by atoms with Crippen LogP contribution in [-0.2, 0) is 22.6 Å². The molecule has 14 rings (SSSR count). The van der Waals surface area contributed by atoms with E-state index in [1.54, 1.807) is 28.7 Å². The molecule has 0 spiro atoms. The van der Waals surface area contributed by atoms with Gasteiger partial charge in [0, 0.05) is 83.4 Å². The van der Waals surface area contributed by atoms with Gasteiger partial charge in [-0.3, -0.25) is 4.90 Å². The van der Waals surface area contributed by atoms with Crippen LogP contribution in [0.1, 0.15) is 146 Å². The summed E-state index contributed by atoms with van der Waals surface area (Å²) >= 11 is 29.7. The first-order valence-corrected chi connectivity index (χ1v) is 31.6. The number of benzene rings is 4. The molecule has 20 heteroatoms. The maximum absolute atomic E-state index is 12.2. The number of hydrogen-bond donors (Lipinski definition) is 1. The zero-order valence-electron chi connectivity index (χ0n) is 45.3. The fourth-order valence-corrected chi connectivity index (χ4v) is 16.4. The highest BCUT2D eigenvalue weighted by Crippen LogP contribution is 2.50. The van der Waals surface area contributed by atoms with E-state index >= 15 is 0 Å². The highest BCUT2D eigenvalue weighted by molar-refractivity contribution is 7.22. The summed E-state index contributed by atoms with van der Waals surface area (Å²) in [6.45, 7) is 5.80. The lowest BCUT2D eigenvalue weighted by Gasteiger charge is -2.42. The van der Waals surface area contributed by atoms with Gasteiger partial charge in [-0.1, -0.05) is 91.5 Å². The molecular weight excluding hydrogens is 1150 g/mol. The van der Waals surface area contributed by atoms with Crippen molar-refractivity contribution in [3.8, 4) is 22.5 Å². The van der Waals surface area contributed by atoms with Gasteiger partial charge >= 0.3 is 11.9 Å². The van der Waals surface area contributed by atoms with Crippen molar-refractivity contribution >= 4 is 112 Å². The molecule has 4 aliphatic heterocycles. The molecule has 4 aromatic heterocycles. The lowest BCUT2D eigenvalue weighted by molar-refractivity contribution is 0.0517. The van der Waals surface area contributed by atoms with Gasteiger partial charge in [0.1, 0.15) is 22.9 Å². The molecule has 81 heavy (non-hydrogen) atoms. The van der Waals surface area contributed by atoms with Crippen LogP contribution in [0.2, 0.25) is 20.1 Å². The van der Waals surface area contributed by atoms with Crippen molar-refractivity contribution in [1.82, 2.24) is 30.5 Å². The van der Waals surface area contributed by atoms with Crippen molar-refractivity contribution in [3.05, 3.63) is 127 Å². The van der Waals surface area contributed by atoms with Crippen LogP contribution in [0.3, 0.4) is 0 Å². The quantitative estimate of drug-likeness (QED) is 0.0913. The number of rotatable bonds is 16. The number of fused-ring (bicyclic) bond motifs is 6. The van der Waals surface area contributed by atoms with E-state index in [-0.39, 0.29) is 11.9 Å². The fraction of sp³-hybridized carbons (Fsp3) is 0.443. The number of piperidine rings is 2. The molecule has 0 amide bonds. The Morgan fingerprint density at radius 1 is 0.617 bits per heavy atom. The van der Waals surface area contributed by atoms with E-state index in [2.05, 4.69) is 37.4 Å². The summed E-state index contributed by atoms with van der Waals surface area (Å²) in [6.07, 6.45) is 13.4. The second kappa shape index (κ2) is 23.0. The average Bonchev–Trinajstić information content (AvgIpc) is 4.31. The number of halogens is 4. The number of carbonyl (C=O) groups excluding carboxylic acids is 2. The molecule has 4 unspecified atom stereocenters. The number of carbonyl (C=O) groups is 2. The standard InChI is InChI=1S/C31H32Cl2N4O3S.C30H30Cl2N4O3S/c1-3-39-30(38)18-9-12-25-26(13-18)41-31(34-25)37-19-10-11-20(37)15-21(14-19)36(2)16-22-28(35-40-29(22)17-7-8-17)27-23(32)5-4-6-24(27)33;1-2-38-29(37)17-8-11-24-25(12-17)40-30(34-24)36-19-9-10-20(36)14-18(13-19)33-15-21-27(35-39-28(21)16-6-7-16)26-22(31)4-3-5-23(26)32/h4-6,9,12-13,17,19-21H,3,7-8,10-11,14-16H2,1-2H3;3-5,8,11-12,16,18-20,33H,2,6-7,9-10,13-15H2,1H3. The molecule has 4 bridgehead atoms. The van der Waals surface area contributed by atoms with Gasteiger partial charge in [0.2, 0.25) is 0 Å². The Morgan fingerprint density at radius 3 is 1.49 bits per heavy atom. The van der Waals surface area contributed by atoms with E-state index in [1.807, 2.05) is 80.6 Å². The Morgan fingerprint density at radius 2 is 1.05 bits per heavy atom. The van der Waals surface area contributed by atoms with Gasteiger partial charge in [0.05, 0.1) is 64.9 Å². The molecule has 8 aromatic rings. The maximum Gasteiger partial charge on any atom is 0.338 e. The second-order valence-corrected chi connectivity index (χ2v) is 26.1. The SMILES string of the molecule is CCOC(=O)c1ccc2nc(N3C4CCC3CC(N(C)Cc3c(-c5c(Cl)cccc5Cl)noc3C3CC3)C4)sc2c1.CCOC(=O)c1ccc2nc(N3C4CCC3CC(NCc3c(-c5c(Cl)cccc5Cl)noc3C3CC3)C4)sc2c1. The van der Waals surface area contributed by atoms with Gasteiger partial charge in [-0.2, -0.15) is 0 Å². The summed E-state index contributed by atoms with van der Waals surface area (Å²) in [5.74, 6) is 2.24. The number of anilines is 2. The number of thiazole rings is 2. The highest BCUT2D eigenvalue weighted by atomic mass is 35.5. The van der Waals surface area contributed by atoms with Gasteiger partial charge in [0.25, 0.3) is 0 Å². The van der Waals surface area contributed by atoms with E-state index in [4.69, 9.17) is 74.9 Å². The lowest BCUT2D eigenvalue weighted by atomic mass is 9.95. The van der Waals surface area contributed by atoms with Crippen molar-refractivity contribution in [2.75, 3.05) is 30.1 Å². The van der Waals surface area contributed by atoms with Crippen molar-refractivity contribution < 1.29 is 28.1 Å². The van der Waals surface area contributed by atoms with Crippen LogP contribution >= 0.6 is 69.1 Å². The van der Waals surface area contributed by atoms with E-state index in [1.165, 1.54) is 12.8 Å². The largest absolute Gasteiger partial charge is 0.462 e. The molecule has 4 atom stereocenters. The summed E-state index contributed by atoms with van der Waals surface area (Å²) in [4.78, 5) is 41.9. The number of esters is 2. The molecule has 14 nitrogen and oxygen atoms in total. The number of ether oxygens (including phenoxy) is 2. The zero-order valence-corrected chi connectivity index (χ0v) is 49.9. The van der Waals surface area contributed by atoms with Crippen LogP contribution in [0.15, 0.2) is 81.8 Å². The van der Waals surface area contributed by atoms with E-state index in [0.717, 1.165) is 147 Å².